The lowest BCUT2D eigenvalue weighted by Crippen LogP contribution is -2.26. The minimum Gasteiger partial charge on any atom is -0.454 e. The number of halogens is 3. The second-order valence-electron chi connectivity index (χ2n) is 4.66. The fraction of sp³-hybridized carbons (Fsp3) is 0.571. The van der Waals surface area contributed by atoms with Crippen molar-refractivity contribution in [2.24, 2.45) is 0 Å². The molecule has 1 aromatic carbocycles. The molecular formula is C14H18F3NO3. The van der Waals surface area contributed by atoms with E-state index < -0.39 is 12.6 Å². The van der Waals surface area contributed by atoms with Crippen molar-refractivity contribution in [2.45, 2.75) is 25.6 Å². The molecule has 0 saturated carbocycles. The minimum absolute atomic E-state index is 0.170. The first-order chi connectivity index (χ1) is 9.99. The minimum atomic E-state index is -4.19. The van der Waals surface area contributed by atoms with E-state index in [2.05, 4.69) is 5.32 Å². The second-order valence-corrected chi connectivity index (χ2v) is 4.66. The van der Waals surface area contributed by atoms with Gasteiger partial charge in [0.25, 0.3) is 0 Å². The van der Waals surface area contributed by atoms with Gasteiger partial charge in [0.15, 0.2) is 11.5 Å². The van der Waals surface area contributed by atoms with E-state index in [9.17, 15) is 13.2 Å². The number of hydrogen-bond donors (Lipinski definition) is 1. The Hall–Kier alpha value is -1.47. The largest absolute Gasteiger partial charge is 0.454 e. The number of rotatable bonds is 7. The van der Waals surface area contributed by atoms with Crippen molar-refractivity contribution in [1.82, 2.24) is 5.32 Å². The Bertz CT molecular complexity index is 465. The van der Waals surface area contributed by atoms with Gasteiger partial charge in [-0.15, -0.1) is 0 Å². The van der Waals surface area contributed by atoms with Crippen molar-refractivity contribution in [1.29, 1.82) is 0 Å². The SMILES string of the molecule is CCNC(COCCC(F)(F)F)c1ccc2c(c1)OCO2. The van der Waals surface area contributed by atoms with E-state index in [4.69, 9.17) is 14.2 Å². The first-order valence-electron chi connectivity index (χ1n) is 6.77. The fourth-order valence-corrected chi connectivity index (χ4v) is 2.04. The van der Waals surface area contributed by atoms with Crippen LogP contribution in [-0.2, 0) is 4.74 Å². The maximum absolute atomic E-state index is 12.1. The number of alkyl halides is 3. The molecule has 1 aliphatic heterocycles. The number of nitrogens with one attached hydrogen (secondary N) is 1. The Morgan fingerprint density at radius 1 is 1.29 bits per heavy atom. The van der Waals surface area contributed by atoms with Crippen molar-refractivity contribution < 1.29 is 27.4 Å². The van der Waals surface area contributed by atoms with Crippen LogP contribution in [0.5, 0.6) is 11.5 Å². The predicted molar refractivity (Wildman–Crippen MR) is 70.5 cm³/mol. The zero-order valence-corrected chi connectivity index (χ0v) is 11.7. The smallest absolute Gasteiger partial charge is 0.391 e. The molecule has 1 unspecified atom stereocenters. The highest BCUT2D eigenvalue weighted by Gasteiger charge is 2.26. The van der Waals surface area contributed by atoms with E-state index in [1.807, 2.05) is 19.1 Å². The third-order valence-electron chi connectivity index (χ3n) is 3.06. The Morgan fingerprint density at radius 2 is 2.05 bits per heavy atom. The number of ether oxygens (including phenoxy) is 3. The summed E-state index contributed by atoms with van der Waals surface area (Å²) in [6.07, 6.45) is -5.13. The molecule has 0 saturated heterocycles. The maximum atomic E-state index is 12.1. The quantitative estimate of drug-likeness (QED) is 0.786. The molecule has 7 heteroatoms. The van der Waals surface area contributed by atoms with Crippen LogP contribution in [0.15, 0.2) is 18.2 Å². The van der Waals surface area contributed by atoms with Crippen LogP contribution in [0.1, 0.15) is 24.9 Å². The van der Waals surface area contributed by atoms with Gasteiger partial charge in [0.1, 0.15) is 0 Å². The lowest BCUT2D eigenvalue weighted by Gasteiger charge is -2.19. The molecule has 1 aliphatic rings. The summed E-state index contributed by atoms with van der Waals surface area (Å²) >= 11 is 0. The molecule has 0 aromatic heterocycles. The van der Waals surface area contributed by atoms with Gasteiger partial charge < -0.3 is 19.5 Å². The van der Waals surface area contributed by atoms with Crippen LogP contribution in [0.4, 0.5) is 13.2 Å². The molecule has 1 aromatic rings. The normalized spacial score (nSPS) is 15.2. The molecule has 2 rings (SSSR count). The molecule has 0 aliphatic carbocycles. The van der Waals surface area contributed by atoms with Crippen LogP contribution in [-0.4, -0.2) is 32.7 Å². The summed E-state index contributed by atoms with van der Waals surface area (Å²) in [7, 11) is 0. The highest BCUT2D eigenvalue weighted by atomic mass is 19.4. The standard InChI is InChI=1S/C14H18F3NO3/c1-2-18-11(8-19-6-5-14(15,16)17)10-3-4-12-13(7-10)21-9-20-12/h3-4,7,11,18H,2,5-6,8-9H2,1H3. The Balaban J connectivity index is 1.92. The van der Waals surface area contributed by atoms with Crippen LogP contribution in [0, 0.1) is 0 Å². The van der Waals surface area contributed by atoms with Crippen LogP contribution in [0.3, 0.4) is 0 Å². The van der Waals surface area contributed by atoms with E-state index in [0.29, 0.717) is 18.0 Å². The predicted octanol–water partition coefficient (Wildman–Crippen LogP) is 3.03. The average molecular weight is 305 g/mol. The third kappa shape index (κ3) is 4.78. The Labute approximate surface area is 121 Å². The fourth-order valence-electron chi connectivity index (χ4n) is 2.04. The maximum Gasteiger partial charge on any atom is 0.391 e. The van der Waals surface area contributed by atoms with Crippen LogP contribution in [0.25, 0.3) is 0 Å². The molecule has 0 bridgehead atoms. The molecule has 0 amide bonds. The number of fused-ring (bicyclic) bond motifs is 1. The average Bonchev–Trinajstić information content (AvgIpc) is 2.88. The van der Waals surface area contributed by atoms with Gasteiger partial charge in [-0.05, 0) is 24.2 Å². The Morgan fingerprint density at radius 3 is 2.76 bits per heavy atom. The van der Waals surface area contributed by atoms with E-state index in [1.54, 1.807) is 6.07 Å². The van der Waals surface area contributed by atoms with E-state index in [1.165, 1.54) is 0 Å². The first-order valence-corrected chi connectivity index (χ1v) is 6.77. The van der Waals surface area contributed by atoms with E-state index in [-0.39, 0.29) is 26.0 Å². The highest BCUT2D eigenvalue weighted by Crippen LogP contribution is 2.34. The second kappa shape index (κ2) is 7.00. The van der Waals surface area contributed by atoms with E-state index in [0.717, 1.165) is 5.56 Å². The van der Waals surface area contributed by atoms with Crippen LogP contribution < -0.4 is 14.8 Å². The third-order valence-corrected chi connectivity index (χ3v) is 3.06. The lowest BCUT2D eigenvalue weighted by molar-refractivity contribution is -0.145. The van der Waals surface area contributed by atoms with Crippen LogP contribution >= 0.6 is 0 Å². The monoisotopic (exact) mass is 305 g/mol. The zero-order chi connectivity index (χ0) is 15.3. The summed E-state index contributed by atoms with van der Waals surface area (Å²) < 4.78 is 51.9. The van der Waals surface area contributed by atoms with Gasteiger partial charge in [-0.1, -0.05) is 13.0 Å². The summed E-state index contributed by atoms with van der Waals surface area (Å²) in [6, 6.07) is 5.28. The number of benzene rings is 1. The molecule has 1 N–H and O–H groups in total. The van der Waals surface area contributed by atoms with Gasteiger partial charge in [-0.2, -0.15) is 13.2 Å². The lowest BCUT2D eigenvalue weighted by atomic mass is 10.1. The molecule has 118 valence electrons. The topological polar surface area (TPSA) is 39.7 Å². The van der Waals surface area contributed by atoms with E-state index >= 15 is 0 Å². The number of hydrogen-bond acceptors (Lipinski definition) is 4. The van der Waals surface area contributed by atoms with Crippen molar-refractivity contribution in [3.8, 4) is 11.5 Å². The summed E-state index contributed by atoms with van der Waals surface area (Å²) in [4.78, 5) is 0. The molecule has 1 atom stereocenters. The molecule has 0 spiro atoms. The molecule has 21 heavy (non-hydrogen) atoms. The molecule has 1 heterocycles. The van der Waals surface area contributed by atoms with Gasteiger partial charge in [0, 0.05) is 0 Å². The summed E-state index contributed by atoms with van der Waals surface area (Å²) in [6.45, 7) is 2.63. The van der Waals surface area contributed by atoms with Crippen molar-refractivity contribution in [3.63, 3.8) is 0 Å². The van der Waals surface area contributed by atoms with Gasteiger partial charge >= 0.3 is 6.18 Å². The molecule has 0 radical (unpaired) electrons. The van der Waals surface area contributed by atoms with Crippen molar-refractivity contribution in [3.05, 3.63) is 23.8 Å². The van der Waals surface area contributed by atoms with Crippen LogP contribution in [0.2, 0.25) is 0 Å². The van der Waals surface area contributed by atoms with Crippen molar-refractivity contribution in [2.75, 3.05) is 26.6 Å². The molecule has 0 fully saturated rings. The first kappa shape index (κ1) is 15.9. The summed E-state index contributed by atoms with van der Waals surface area (Å²) in [5.41, 5.74) is 0.896. The summed E-state index contributed by atoms with van der Waals surface area (Å²) in [5.74, 6) is 1.32. The summed E-state index contributed by atoms with van der Waals surface area (Å²) in [5, 5.41) is 3.19. The van der Waals surface area contributed by atoms with Gasteiger partial charge in [-0.25, -0.2) is 0 Å². The zero-order valence-electron chi connectivity index (χ0n) is 11.7. The number of likely N-dealkylation sites (N-methyl/N-ethyl adjacent to an activating group) is 1. The van der Waals surface area contributed by atoms with Crippen molar-refractivity contribution >= 4 is 0 Å². The highest BCUT2D eigenvalue weighted by molar-refractivity contribution is 5.45. The van der Waals surface area contributed by atoms with Gasteiger partial charge in [0.2, 0.25) is 6.79 Å². The van der Waals surface area contributed by atoms with Gasteiger partial charge in [-0.3, -0.25) is 0 Å². The Kier molecular flexibility index (Phi) is 5.30. The molecular weight excluding hydrogens is 287 g/mol. The van der Waals surface area contributed by atoms with Gasteiger partial charge in [0.05, 0.1) is 25.7 Å². The molecule has 4 nitrogen and oxygen atoms in total.